The number of hydrogen-bond donors (Lipinski definition) is 3. The van der Waals surface area contributed by atoms with Gasteiger partial charge in [-0.05, 0) is 13.8 Å². The van der Waals surface area contributed by atoms with E-state index in [-0.39, 0.29) is 32.4 Å². The number of nitrogens with zero attached hydrogens (tertiary/aromatic N) is 1. The lowest BCUT2D eigenvalue weighted by Crippen LogP contribution is -2.59. The predicted octanol–water partition coefficient (Wildman–Crippen LogP) is -0.733. The van der Waals surface area contributed by atoms with Crippen molar-refractivity contribution in [3.8, 4) is 0 Å². The van der Waals surface area contributed by atoms with Gasteiger partial charge in [0.1, 0.15) is 5.92 Å². The maximum Gasteiger partial charge on any atom is 0.317 e. The van der Waals surface area contributed by atoms with Crippen molar-refractivity contribution >= 4 is 12.0 Å². The zero-order chi connectivity index (χ0) is 15.6. The summed E-state index contributed by atoms with van der Waals surface area (Å²) in [6.45, 7) is 4.46. The molecule has 21 heavy (non-hydrogen) atoms. The van der Waals surface area contributed by atoms with E-state index in [0.717, 1.165) is 0 Å². The molecule has 120 valence electrons. The maximum atomic E-state index is 12.3. The van der Waals surface area contributed by atoms with Gasteiger partial charge in [0.15, 0.2) is 0 Å². The fraction of sp³-hybridized carbons (Fsp3) is 0.846. The van der Waals surface area contributed by atoms with Crippen LogP contribution in [0.3, 0.4) is 0 Å². The number of hydrogen-bond acceptors (Lipinski definition) is 5. The number of carbonyl (C=O) groups excluding carboxylic acids is 1. The molecule has 3 unspecified atom stereocenters. The Morgan fingerprint density at radius 3 is 2.71 bits per heavy atom. The minimum atomic E-state index is -0.978. The Bertz CT molecular complexity index is 413. The number of amides is 2. The predicted molar refractivity (Wildman–Crippen MR) is 71.9 cm³/mol. The summed E-state index contributed by atoms with van der Waals surface area (Å²) >= 11 is 0. The second-order valence-corrected chi connectivity index (χ2v) is 6.10. The lowest BCUT2D eigenvalue weighted by Gasteiger charge is -2.42. The van der Waals surface area contributed by atoms with Crippen LogP contribution in [0.1, 0.15) is 13.8 Å². The van der Waals surface area contributed by atoms with E-state index < -0.39 is 29.6 Å². The van der Waals surface area contributed by atoms with Crippen LogP contribution in [0.4, 0.5) is 4.79 Å². The van der Waals surface area contributed by atoms with E-state index in [9.17, 15) is 14.7 Å². The molecule has 0 aromatic heterocycles. The van der Waals surface area contributed by atoms with E-state index in [1.54, 1.807) is 4.90 Å². The molecule has 0 aromatic carbocycles. The highest BCUT2D eigenvalue weighted by atomic mass is 16.5. The van der Waals surface area contributed by atoms with Gasteiger partial charge in [0.2, 0.25) is 0 Å². The van der Waals surface area contributed by atoms with Gasteiger partial charge in [-0.15, -0.1) is 0 Å². The van der Waals surface area contributed by atoms with Gasteiger partial charge >= 0.3 is 12.0 Å². The van der Waals surface area contributed by atoms with Crippen LogP contribution in [0.15, 0.2) is 0 Å². The summed E-state index contributed by atoms with van der Waals surface area (Å²) in [7, 11) is 0. The zero-order valence-electron chi connectivity index (χ0n) is 12.2. The molecular weight excluding hydrogens is 280 g/mol. The number of rotatable bonds is 3. The minimum Gasteiger partial charge on any atom is -0.481 e. The molecule has 2 heterocycles. The molecule has 2 fully saturated rings. The zero-order valence-corrected chi connectivity index (χ0v) is 12.2. The first kappa shape index (κ1) is 16.0. The first-order chi connectivity index (χ1) is 9.82. The summed E-state index contributed by atoms with van der Waals surface area (Å²) in [6, 6.07) is -0.889. The Balaban J connectivity index is 1.97. The van der Waals surface area contributed by atoms with Gasteiger partial charge in [-0.3, -0.25) is 4.79 Å². The molecule has 8 nitrogen and oxygen atoms in total. The molecule has 3 atom stereocenters. The van der Waals surface area contributed by atoms with Crippen LogP contribution in [0.2, 0.25) is 0 Å². The van der Waals surface area contributed by atoms with Gasteiger partial charge in [-0.1, -0.05) is 0 Å². The van der Waals surface area contributed by atoms with Crippen LogP contribution in [0.25, 0.3) is 0 Å². The fourth-order valence-corrected chi connectivity index (χ4v) is 2.74. The van der Waals surface area contributed by atoms with E-state index >= 15 is 0 Å². The highest BCUT2D eigenvalue weighted by Crippen LogP contribution is 2.21. The number of carbonyl (C=O) groups is 2. The molecule has 0 radical (unpaired) electrons. The molecule has 3 N–H and O–H groups in total. The summed E-state index contributed by atoms with van der Waals surface area (Å²) in [4.78, 5) is 24.9. The number of carboxylic acid groups (broad SMARTS) is 1. The summed E-state index contributed by atoms with van der Waals surface area (Å²) < 4.78 is 10.8. The Morgan fingerprint density at radius 2 is 2.10 bits per heavy atom. The second kappa shape index (κ2) is 6.17. The van der Waals surface area contributed by atoms with Gasteiger partial charge < -0.3 is 29.9 Å². The van der Waals surface area contributed by atoms with Crippen molar-refractivity contribution in [1.29, 1.82) is 0 Å². The van der Waals surface area contributed by atoms with Crippen molar-refractivity contribution in [3.63, 3.8) is 0 Å². The normalized spacial score (nSPS) is 32.0. The number of aliphatic carboxylic acids is 1. The van der Waals surface area contributed by atoms with Gasteiger partial charge in [0.25, 0.3) is 0 Å². The van der Waals surface area contributed by atoms with Crippen molar-refractivity contribution in [1.82, 2.24) is 10.2 Å². The van der Waals surface area contributed by atoms with Crippen LogP contribution >= 0.6 is 0 Å². The van der Waals surface area contributed by atoms with Gasteiger partial charge in [0, 0.05) is 0 Å². The molecule has 0 spiro atoms. The van der Waals surface area contributed by atoms with Crippen molar-refractivity contribution in [3.05, 3.63) is 0 Å². The summed E-state index contributed by atoms with van der Waals surface area (Å²) in [5.74, 6) is -1.70. The third kappa shape index (κ3) is 3.84. The maximum absolute atomic E-state index is 12.3. The first-order valence-corrected chi connectivity index (χ1v) is 6.97. The van der Waals surface area contributed by atoms with Crippen LogP contribution < -0.4 is 5.32 Å². The third-order valence-electron chi connectivity index (χ3n) is 3.68. The molecule has 2 saturated heterocycles. The quantitative estimate of drug-likeness (QED) is 0.634. The number of urea groups is 1. The molecule has 0 bridgehead atoms. The standard InChI is InChI=1S/C13H22N2O6/c1-13(2)7-15(3-8(4-16)21-13)12(19)14-10-6-20-5-9(10)11(17)18/h8-10,16H,3-7H2,1-2H3,(H,14,19)(H,17,18). The van der Waals surface area contributed by atoms with Crippen molar-refractivity contribution in [2.75, 3.05) is 32.9 Å². The molecule has 0 saturated carbocycles. The number of ether oxygens (including phenoxy) is 2. The highest BCUT2D eigenvalue weighted by Gasteiger charge is 2.39. The molecule has 0 aliphatic carbocycles. The van der Waals surface area contributed by atoms with E-state index in [2.05, 4.69) is 5.32 Å². The second-order valence-electron chi connectivity index (χ2n) is 6.10. The molecule has 0 aromatic rings. The Kier molecular flexibility index (Phi) is 4.70. The largest absolute Gasteiger partial charge is 0.481 e. The minimum absolute atomic E-state index is 0.105. The molecule has 2 aliphatic heterocycles. The van der Waals surface area contributed by atoms with Crippen molar-refractivity contribution in [2.24, 2.45) is 5.92 Å². The monoisotopic (exact) mass is 302 g/mol. The molecule has 2 aliphatic rings. The van der Waals surface area contributed by atoms with Gasteiger partial charge in [0.05, 0.1) is 50.7 Å². The Labute approximate surface area is 123 Å². The van der Waals surface area contributed by atoms with Crippen LogP contribution in [-0.2, 0) is 14.3 Å². The lowest BCUT2D eigenvalue weighted by molar-refractivity contribution is -0.142. The topological polar surface area (TPSA) is 108 Å². The average molecular weight is 302 g/mol. The van der Waals surface area contributed by atoms with Crippen LogP contribution in [0.5, 0.6) is 0 Å². The van der Waals surface area contributed by atoms with E-state index in [1.165, 1.54) is 0 Å². The van der Waals surface area contributed by atoms with Crippen LogP contribution in [-0.4, -0.2) is 77.8 Å². The van der Waals surface area contributed by atoms with Crippen molar-refractivity contribution < 1.29 is 29.3 Å². The molecular formula is C13H22N2O6. The third-order valence-corrected chi connectivity index (χ3v) is 3.68. The average Bonchev–Trinajstić information content (AvgIpc) is 2.85. The van der Waals surface area contributed by atoms with Gasteiger partial charge in [-0.25, -0.2) is 4.79 Å². The molecule has 2 rings (SSSR count). The number of carboxylic acids is 1. The fourth-order valence-electron chi connectivity index (χ4n) is 2.74. The Morgan fingerprint density at radius 1 is 1.38 bits per heavy atom. The molecule has 8 heteroatoms. The summed E-state index contributed by atoms with van der Waals surface area (Å²) in [5, 5.41) is 21.0. The molecule has 2 amide bonds. The lowest BCUT2D eigenvalue weighted by atomic mass is 10.0. The Hall–Kier alpha value is -1.38. The van der Waals surface area contributed by atoms with E-state index in [4.69, 9.17) is 14.6 Å². The highest BCUT2D eigenvalue weighted by molar-refractivity contribution is 5.77. The number of morpholine rings is 1. The first-order valence-electron chi connectivity index (χ1n) is 6.97. The summed E-state index contributed by atoms with van der Waals surface area (Å²) in [5.41, 5.74) is -0.554. The smallest absolute Gasteiger partial charge is 0.317 e. The van der Waals surface area contributed by atoms with Gasteiger partial charge in [-0.2, -0.15) is 0 Å². The number of nitrogens with one attached hydrogen (secondary N) is 1. The number of aliphatic hydroxyl groups excluding tert-OH is 1. The SMILES string of the molecule is CC1(C)CN(C(=O)NC2COCC2C(=O)O)CC(CO)O1. The van der Waals surface area contributed by atoms with E-state index in [1.807, 2.05) is 13.8 Å². The summed E-state index contributed by atoms with van der Waals surface area (Å²) in [6.07, 6.45) is -0.436. The number of aliphatic hydroxyl groups is 1. The van der Waals surface area contributed by atoms with Crippen molar-refractivity contribution in [2.45, 2.75) is 31.6 Å². The van der Waals surface area contributed by atoms with Crippen LogP contribution in [0, 0.1) is 5.92 Å². The van der Waals surface area contributed by atoms with E-state index in [0.29, 0.717) is 6.54 Å².